The fourth-order valence-corrected chi connectivity index (χ4v) is 1.51. The van der Waals surface area contributed by atoms with Crippen molar-refractivity contribution in [2.75, 3.05) is 17.6 Å². The number of rotatable bonds is 4. The molecule has 0 atom stereocenters. The van der Waals surface area contributed by atoms with Crippen LogP contribution in [0.3, 0.4) is 0 Å². The first-order valence-electron chi connectivity index (χ1n) is 5.74. The average molecular weight is 231 g/mol. The number of aryl methyl sites for hydroxylation is 1. The lowest BCUT2D eigenvalue weighted by Gasteiger charge is -2.02. The molecule has 1 aromatic heterocycles. The molecule has 0 spiro atoms. The molecular weight excluding hydrogens is 214 g/mol. The summed E-state index contributed by atoms with van der Waals surface area (Å²) in [6.07, 6.45) is 1.03. The van der Waals surface area contributed by atoms with Crippen LogP contribution in [-0.4, -0.2) is 21.3 Å². The average Bonchev–Trinajstić information content (AvgIpc) is 2.69. The molecule has 1 aromatic carbocycles. The topological polar surface area (TPSA) is 68.8 Å². The number of nitrogen functional groups attached to an aromatic ring is 1. The van der Waals surface area contributed by atoms with E-state index in [2.05, 4.69) is 22.3 Å². The number of hydrogen-bond acceptors (Lipinski definition) is 4. The predicted octanol–water partition coefficient (Wildman–Crippen LogP) is 1.98. The minimum Gasteiger partial charge on any atom is -0.368 e. The van der Waals surface area contributed by atoms with Crippen molar-refractivity contribution in [2.45, 2.75) is 20.3 Å². The predicted molar refractivity (Wildman–Crippen MR) is 69.3 cm³/mol. The van der Waals surface area contributed by atoms with Gasteiger partial charge in [-0.15, -0.1) is 5.10 Å². The Kier molecular flexibility index (Phi) is 3.27. The first-order chi connectivity index (χ1) is 8.20. The van der Waals surface area contributed by atoms with Crippen molar-refractivity contribution in [3.05, 3.63) is 29.8 Å². The van der Waals surface area contributed by atoms with Crippen LogP contribution in [0.25, 0.3) is 5.69 Å². The maximum atomic E-state index is 5.83. The minimum absolute atomic E-state index is 0.396. The summed E-state index contributed by atoms with van der Waals surface area (Å²) in [6, 6.07) is 8.00. The second-order valence-corrected chi connectivity index (χ2v) is 3.97. The Bertz CT molecular complexity index is 486. The zero-order valence-electron chi connectivity index (χ0n) is 10.1. The van der Waals surface area contributed by atoms with Gasteiger partial charge in [0, 0.05) is 6.54 Å². The van der Waals surface area contributed by atoms with Gasteiger partial charge < -0.3 is 11.1 Å². The van der Waals surface area contributed by atoms with Crippen LogP contribution in [0, 0.1) is 6.92 Å². The van der Waals surface area contributed by atoms with Gasteiger partial charge in [-0.25, -0.2) is 0 Å². The van der Waals surface area contributed by atoms with Crippen LogP contribution in [0.4, 0.5) is 11.9 Å². The molecule has 0 amide bonds. The molecular formula is C12H17N5. The lowest BCUT2D eigenvalue weighted by molar-refractivity contribution is 0.880. The second-order valence-electron chi connectivity index (χ2n) is 3.97. The largest absolute Gasteiger partial charge is 0.368 e. The van der Waals surface area contributed by atoms with E-state index in [9.17, 15) is 0 Å². The van der Waals surface area contributed by atoms with E-state index in [0.717, 1.165) is 18.7 Å². The fourth-order valence-electron chi connectivity index (χ4n) is 1.51. The quantitative estimate of drug-likeness (QED) is 0.844. The summed E-state index contributed by atoms with van der Waals surface area (Å²) in [5.41, 5.74) is 7.96. The van der Waals surface area contributed by atoms with E-state index in [4.69, 9.17) is 5.73 Å². The summed E-state index contributed by atoms with van der Waals surface area (Å²) < 4.78 is 1.64. The normalized spacial score (nSPS) is 10.5. The van der Waals surface area contributed by atoms with E-state index >= 15 is 0 Å². The van der Waals surface area contributed by atoms with E-state index in [1.54, 1.807) is 4.68 Å². The molecule has 0 radical (unpaired) electrons. The Morgan fingerprint density at radius 2 is 2.00 bits per heavy atom. The minimum atomic E-state index is 0.396. The third-order valence-corrected chi connectivity index (χ3v) is 2.44. The summed E-state index contributed by atoms with van der Waals surface area (Å²) in [5, 5.41) is 7.43. The van der Waals surface area contributed by atoms with Crippen molar-refractivity contribution in [3.63, 3.8) is 0 Å². The Balaban J connectivity index is 2.26. The molecule has 0 bridgehead atoms. The van der Waals surface area contributed by atoms with Gasteiger partial charge in [0.2, 0.25) is 11.9 Å². The number of hydrogen-bond donors (Lipinski definition) is 2. The number of nitrogens with one attached hydrogen (secondary N) is 1. The molecule has 0 aliphatic carbocycles. The molecule has 3 N–H and O–H groups in total. The van der Waals surface area contributed by atoms with Gasteiger partial charge in [0.25, 0.3) is 0 Å². The third kappa shape index (κ3) is 2.55. The molecule has 0 saturated heterocycles. The van der Waals surface area contributed by atoms with Crippen molar-refractivity contribution in [1.29, 1.82) is 0 Å². The molecule has 1 heterocycles. The van der Waals surface area contributed by atoms with E-state index in [1.807, 2.05) is 31.2 Å². The molecule has 2 rings (SSSR count). The van der Waals surface area contributed by atoms with Crippen LogP contribution >= 0.6 is 0 Å². The lowest BCUT2D eigenvalue weighted by atomic mass is 10.2. The summed E-state index contributed by atoms with van der Waals surface area (Å²) in [6.45, 7) is 4.98. The highest BCUT2D eigenvalue weighted by atomic mass is 15.4. The van der Waals surface area contributed by atoms with Crippen LogP contribution < -0.4 is 11.1 Å². The van der Waals surface area contributed by atoms with Crippen LogP contribution in [-0.2, 0) is 0 Å². The number of nitrogens with two attached hydrogens (primary N) is 1. The van der Waals surface area contributed by atoms with Gasteiger partial charge in [-0.05, 0) is 25.5 Å². The molecule has 0 fully saturated rings. The molecule has 90 valence electrons. The Hall–Kier alpha value is -2.04. The standard InChI is InChI=1S/C12H17N5/c1-3-8-14-12-15-11(13)17(16-12)10-6-4-9(2)5-7-10/h4-7H,3,8H2,1-2H3,(H3,13,14,15,16). The molecule has 0 aliphatic heterocycles. The van der Waals surface area contributed by atoms with E-state index in [1.165, 1.54) is 5.56 Å². The molecule has 5 heteroatoms. The smallest absolute Gasteiger partial charge is 0.244 e. The zero-order chi connectivity index (χ0) is 12.3. The maximum Gasteiger partial charge on any atom is 0.244 e. The van der Waals surface area contributed by atoms with Gasteiger partial charge in [0.05, 0.1) is 5.69 Å². The molecule has 0 saturated carbocycles. The number of benzene rings is 1. The van der Waals surface area contributed by atoms with Gasteiger partial charge in [-0.1, -0.05) is 24.6 Å². The van der Waals surface area contributed by atoms with Crippen molar-refractivity contribution in [2.24, 2.45) is 0 Å². The van der Waals surface area contributed by atoms with Crippen molar-refractivity contribution >= 4 is 11.9 Å². The highest BCUT2D eigenvalue weighted by molar-refractivity contribution is 5.42. The van der Waals surface area contributed by atoms with Crippen LogP contribution in [0.2, 0.25) is 0 Å². The second kappa shape index (κ2) is 4.86. The highest BCUT2D eigenvalue weighted by Crippen LogP contribution is 2.14. The zero-order valence-corrected chi connectivity index (χ0v) is 10.1. The van der Waals surface area contributed by atoms with E-state index < -0.39 is 0 Å². The van der Waals surface area contributed by atoms with Crippen molar-refractivity contribution in [1.82, 2.24) is 14.8 Å². The molecule has 0 unspecified atom stereocenters. The Labute approximate surface area is 101 Å². The van der Waals surface area contributed by atoms with Gasteiger partial charge in [-0.3, -0.25) is 0 Å². The third-order valence-electron chi connectivity index (χ3n) is 2.44. The van der Waals surface area contributed by atoms with Crippen LogP contribution in [0.1, 0.15) is 18.9 Å². The van der Waals surface area contributed by atoms with Gasteiger partial charge >= 0.3 is 0 Å². The SMILES string of the molecule is CCCNc1nc(N)n(-c2ccc(C)cc2)n1. The summed E-state index contributed by atoms with van der Waals surface area (Å²) in [7, 11) is 0. The Morgan fingerprint density at radius 1 is 1.29 bits per heavy atom. The summed E-state index contributed by atoms with van der Waals surface area (Å²) >= 11 is 0. The first-order valence-corrected chi connectivity index (χ1v) is 5.74. The molecule has 5 nitrogen and oxygen atoms in total. The Morgan fingerprint density at radius 3 is 2.65 bits per heavy atom. The summed E-state index contributed by atoms with van der Waals surface area (Å²) in [4.78, 5) is 4.17. The molecule has 2 aromatic rings. The number of aromatic nitrogens is 3. The van der Waals surface area contributed by atoms with Gasteiger partial charge in [0.1, 0.15) is 0 Å². The number of anilines is 2. The van der Waals surface area contributed by atoms with Crippen molar-refractivity contribution in [3.8, 4) is 5.69 Å². The molecule has 17 heavy (non-hydrogen) atoms. The highest BCUT2D eigenvalue weighted by Gasteiger charge is 2.07. The first kappa shape index (κ1) is 11.4. The maximum absolute atomic E-state index is 5.83. The molecule has 0 aliphatic rings. The van der Waals surface area contributed by atoms with Crippen LogP contribution in [0.5, 0.6) is 0 Å². The summed E-state index contributed by atoms with van der Waals surface area (Å²) in [5.74, 6) is 0.970. The van der Waals surface area contributed by atoms with Gasteiger partial charge in [0.15, 0.2) is 0 Å². The van der Waals surface area contributed by atoms with Gasteiger partial charge in [-0.2, -0.15) is 9.67 Å². The van der Waals surface area contributed by atoms with E-state index in [0.29, 0.717) is 11.9 Å². The monoisotopic (exact) mass is 231 g/mol. The lowest BCUT2D eigenvalue weighted by Crippen LogP contribution is -2.03. The fraction of sp³-hybridized carbons (Fsp3) is 0.333. The van der Waals surface area contributed by atoms with E-state index in [-0.39, 0.29) is 0 Å². The van der Waals surface area contributed by atoms with Crippen molar-refractivity contribution < 1.29 is 0 Å². The van der Waals surface area contributed by atoms with Crippen LogP contribution in [0.15, 0.2) is 24.3 Å². The number of nitrogens with zero attached hydrogens (tertiary/aromatic N) is 3.